The van der Waals surface area contributed by atoms with Crippen molar-refractivity contribution >= 4 is 18.3 Å². The number of hydrogen-bond acceptors (Lipinski definition) is 7. The highest BCUT2D eigenvalue weighted by Crippen LogP contribution is 2.26. The third kappa shape index (κ3) is 7.48. The molecule has 8 nitrogen and oxygen atoms in total. The van der Waals surface area contributed by atoms with Crippen molar-refractivity contribution < 1.29 is 8.78 Å². The number of nitrogens with two attached hydrogens (primary N) is 2. The van der Waals surface area contributed by atoms with E-state index < -0.39 is 5.92 Å². The Kier molecular flexibility index (Phi) is 8.75. The van der Waals surface area contributed by atoms with Crippen LogP contribution in [0.15, 0.2) is 80.6 Å². The van der Waals surface area contributed by atoms with Crippen LogP contribution in [-0.2, 0) is 0 Å². The molecule has 7 N–H and O–H groups in total. The number of dihydropyridines is 2. The molecule has 0 spiro atoms. The molecule has 0 aromatic rings. The van der Waals surface area contributed by atoms with E-state index in [1.807, 2.05) is 38.3 Å². The molecule has 0 saturated carbocycles. The molecule has 10 heteroatoms. The van der Waals surface area contributed by atoms with Crippen molar-refractivity contribution in [2.45, 2.75) is 32.6 Å². The summed E-state index contributed by atoms with van der Waals surface area (Å²) >= 11 is 0. The highest BCUT2D eigenvalue weighted by Gasteiger charge is 2.37. The summed E-state index contributed by atoms with van der Waals surface area (Å²) in [6, 6.07) is 0. The molecule has 3 aliphatic rings. The monoisotopic (exact) mass is 484 g/mol. The molecule has 1 saturated heterocycles. The largest absolute Gasteiger partial charge is 0.404 e. The maximum atomic E-state index is 13.3. The molecule has 1 fully saturated rings. The number of nitrogens with one attached hydrogen (secondary N) is 3. The van der Waals surface area contributed by atoms with E-state index >= 15 is 0 Å². The van der Waals surface area contributed by atoms with E-state index in [-0.39, 0.29) is 18.9 Å². The highest BCUT2D eigenvalue weighted by molar-refractivity contribution is 5.97. The number of amidine groups is 1. The lowest BCUT2D eigenvalue weighted by Gasteiger charge is -2.23. The number of halogens is 2. The van der Waals surface area contributed by atoms with Gasteiger partial charge in [-0.2, -0.15) is 0 Å². The summed E-state index contributed by atoms with van der Waals surface area (Å²) in [7, 11) is 0. The maximum absolute atomic E-state index is 13.3. The molecule has 3 rings (SSSR count). The molecule has 0 aromatic carbocycles. The predicted octanol–water partition coefficient (Wildman–Crippen LogP) is 2.92. The normalized spacial score (nSPS) is 21.1. The second kappa shape index (κ2) is 11.7. The van der Waals surface area contributed by atoms with E-state index in [4.69, 9.17) is 16.9 Å². The molecule has 35 heavy (non-hydrogen) atoms. The minimum atomic E-state index is -2.56. The molecule has 0 amide bonds. The summed E-state index contributed by atoms with van der Waals surface area (Å²) in [4.78, 5) is 10.6. The van der Waals surface area contributed by atoms with Gasteiger partial charge in [0.05, 0.1) is 17.9 Å². The lowest BCUT2D eigenvalue weighted by molar-refractivity contribution is 0.0122. The maximum Gasteiger partial charge on any atom is 0.261 e. The van der Waals surface area contributed by atoms with Crippen LogP contribution in [0.2, 0.25) is 0 Å². The Balaban J connectivity index is 1.58. The second-order valence-corrected chi connectivity index (χ2v) is 8.93. The van der Waals surface area contributed by atoms with Gasteiger partial charge in [0.2, 0.25) is 0 Å². The van der Waals surface area contributed by atoms with Gasteiger partial charge in [0.1, 0.15) is 11.7 Å². The zero-order valence-corrected chi connectivity index (χ0v) is 20.2. The number of rotatable bonds is 10. The minimum Gasteiger partial charge on any atom is -0.404 e. The average Bonchev–Trinajstić information content (AvgIpc) is 3.17. The second-order valence-electron chi connectivity index (χ2n) is 8.93. The molecule has 0 radical (unpaired) electrons. The molecule has 3 heterocycles. The number of alkyl halides is 2. The van der Waals surface area contributed by atoms with Crippen LogP contribution in [0.4, 0.5) is 8.78 Å². The van der Waals surface area contributed by atoms with E-state index in [2.05, 4.69) is 20.6 Å². The first-order valence-electron chi connectivity index (χ1n) is 11.7. The van der Waals surface area contributed by atoms with Crippen molar-refractivity contribution in [2.24, 2.45) is 27.4 Å². The van der Waals surface area contributed by atoms with Gasteiger partial charge in [-0.25, -0.2) is 13.8 Å². The fourth-order valence-electron chi connectivity index (χ4n) is 3.80. The van der Waals surface area contributed by atoms with Crippen molar-refractivity contribution in [3.63, 3.8) is 0 Å². The SMILES string of the molecule is CC(C)C(C=N)=CC(N)=NC1=CC=C2NC=C(C(C=NCCCN3CCC(F)(F)C3)=CN)C=C2N1. The van der Waals surface area contributed by atoms with Crippen molar-refractivity contribution in [1.82, 2.24) is 15.5 Å². The average molecular weight is 485 g/mol. The first-order valence-corrected chi connectivity index (χ1v) is 11.7. The molecule has 0 atom stereocenters. The van der Waals surface area contributed by atoms with E-state index in [9.17, 15) is 8.78 Å². The van der Waals surface area contributed by atoms with Gasteiger partial charge in [-0.05, 0) is 42.2 Å². The summed E-state index contributed by atoms with van der Waals surface area (Å²) in [5.74, 6) is -1.51. The molecular weight excluding hydrogens is 450 g/mol. The fraction of sp³-hybridized carbons (Fsp3) is 0.400. The van der Waals surface area contributed by atoms with Gasteiger partial charge < -0.3 is 27.5 Å². The Morgan fingerprint density at radius 2 is 2.11 bits per heavy atom. The minimum absolute atomic E-state index is 0.0646. The van der Waals surface area contributed by atoms with Crippen LogP contribution in [0.5, 0.6) is 0 Å². The smallest absolute Gasteiger partial charge is 0.261 e. The van der Waals surface area contributed by atoms with Crippen LogP contribution in [0.25, 0.3) is 0 Å². The summed E-state index contributed by atoms with van der Waals surface area (Å²) < 4.78 is 26.6. The zero-order valence-electron chi connectivity index (χ0n) is 20.2. The molecular formula is C25H34F2N8. The summed E-state index contributed by atoms with van der Waals surface area (Å²) in [6.07, 6.45) is 14.3. The van der Waals surface area contributed by atoms with Crippen molar-refractivity contribution in [2.75, 3.05) is 26.2 Å². The summed E-state index contributed by atoms with van der Waals surface area (Å²) in [5.41, 5.74) is 15.9. The molecule has 0 aliphatic carbocycles. The number of likely N-dealkylation sites (tertiary alicyclic amines) is 1. The lowest BCUT2D eigenvalue weighted by atomic mass is 10.0. The van der Waals surface area contributed by atoms with Crippen LogP contribution < -0.4 is 22.1 Å². The predicted molar refractivity (Wildman–Crippen MR) is 138 cm³/mol. The van der Waals surface area contributed by atoms with Crippen molar-refractivity contribution in [3.05, 3.63) is 70.6 Å². The third-order valence-corrected chi connectivity index (χ3v) is 5.79. The van der Waals surface area contributed by atoms with Crippen molar-refractivity contribution in [3.8, 4) is 0 Å². The van der Waals surface area contributed by atoms with Gasteiger partial charge in [0.25, 0.3) is 5.92 Å². The van der Waals surface area contributed by atoms with Gasteiger partial charge in [0, 0.05) is 62.0 Å². The Bertz CT molecular complexity index is 1060. The van der Waals surface area contributed by atoms with Crippen molar-refractivity contribution in [1.29, 1.82) is 5.41 Å². The van der Waals surface area contributed by atoms with Crippen LogP contribution in [-0.4, -0.2) is 55.3 Å². The molecule has 0 bridgehead atoms. The van der Waals surface area contributed by atoms with Gasteiger partial charge >= 0.3 is 0 Å². The molecule has 0 aromatic heterocycles. The Hall–Kier alpha value is -3.53. The first-order chi connectivity index (χ1) is 16.7. The Morgan fingerprint density at radius 1 is 1.31 bits per heavy atom. The van der Waals surface area contributed by atoms with E-state index in [1.165, 1.54) is 12.4 Å². The fourth-order valence-corrected chi connectivity index (χ4v) is 3.80. The standard InChI is InChI=1S/C25H34F2N8/c1-17(2)18(12-28)11-23(30)34-24-5-4-21-22(33-24)10-19(15-32-21)20(13-29)14-31-7-3-8-35-9-6-25(26,27)16-35/h4-5,10-15,17,28,32-33H,3,6-9,16,29H2,1-2H3,(H2,30,34). The van der Waals surface area contributed by atoms with Crippen LogP contribution in [0, 0.1) is 11.3 Å². The van der Waals surface area contributed by atoms with Crippen LogP contribution in [0.1, 0.15) is 26.7 Å². The summed E-state index contributed by atoms with van der Waals surface area (Å²) in [6.45, 7) is 5.39. The molecule has 188 valence electrons. The molecule has 3 aliphatic heterocycles. The highest BCUT2D eigenvalue weighted by atomic mass is 19.3. The van der Waals surface area contributed by atoms with E-state index in [1.54, 1.807) is 17.2 Å². The number of aliphatic imine (C=N–C) groups is 2. The van der Waals surface area contributed by atoms with Gasteiger partial charge in [0.15, 0.2) is 0 Å². The number of fused-ring (bicyclic) bond motifs is 1. The topological polar surface area (TPSA) is 128 Å². The number of nitrogens with zero attached hydrogens (tertiary/aromatic N) is 3. The van der Waals surface area contributed by atoms with Gasteiger partial charge in [-0.1, -0.05) is 13.8 Å². The first kappa shape index (κ1) is 26.1. The van der Waals surface area contributed by atoms with Crippen LogP contribution >= 0.6 is 0 Å². The molecule has 0 unspecified atom stereocenters. The number of allylic oxidation sites excluding steroid dienone is 6. The van der Waals surface area contributed by atoms with E-state index in [0.717, 1.165) is 28.1 Å². The Morgan fingerprint density at radius 3 is 2.77 bits per heavy atom. The third-order valence-electron chi connectivity index (χ3n) is 5.79. The quantitative estimate of drug-likeness (QED) is 0.185. The van der Waals surface area contributed by atoms with Crippen LogP contribution in [0.3, 0.4) is 0 Å². The zero-order chi connectivity index (χ0) is 25.4. The van der Waals surface area contributed by atoms with E-state index in [0.29, 0.717) is 37.7 Å². The summed E-state index contributed by atoms with van der Waals surface area (Å²) in [5, 5.41) is 14.0. The van der Waals surface area contributed by atoms with Gasteiger partial charge in [-0.15, -0.1) is 0 Å². The lowest BCUT2D eigenvalue weighted by Crippen LogP contribution is -2.27. The van der Waals surface area contributed by atoms with Gasteiger partial charge in [-0.3, -0.25) is 9.89 Å². The Labute approximate surface area is 205 Å². The number of hydrogen-bond donors (Lipinski definition) is 5.